The fourth-order valence-electron chi connectivity index (χ4n) is 1.07. The largest absolute Gasteiger partial charge is 0.416 e. The number of thiocarbonyl (C=S) groups is 1. The molecule has 1 rings (SSSR count). The first-order valence-electron chi connectivity index (χ1n) is 4.13. The molecule has 0 aliphatic carbocycles. The van der Waals surface area contributed by atoms with E-state index in [0.29, 0.717) is 5.69 Å². The monoisotopic (exact) mass is 268 g/mol. The number of anilines is 1. The van der Waals surface area contributed by atoms with E-state index in [0.717, 1.165) is 12.1 Å². The molecular weight excluding hydrogens is 261 g/mol. The normalized spacial score (nSPS) is 11.3. The predicted octanol–water partition coefficient (Wildman–Crippen LogP) is 3.04. The second-order valence-corrected chi connectivity index (χ2v) is 3.89. The van der Waals surface area contributed by atoms with E-state index in [4.69, 9.17) is 17.3 Å². The Kier molecular flexibility index (Phi) is 3.64. The highest BCUT2D eigenvalue weighted by atomic mass is 35.5. The van der Waals surface area contributed by atoms with Crippen molar-refractivity contribution in [2.45, 2.75) is 6.18 Å². The molecule has 1 aromatic rings. The van der Waals surface area contributed by atoms with E-state index in [2.05, 4.69) is 12.2 Å². The predicted molar refractivity (Wildman–Crippen MR) is 61.6 cm³/mol. The molecule has 7 heteroatoms. The third-order valence-corrected chi connectivity index (χ3v) is 2.54. The summed E-state index contributed by atoms with van der Waals surface area (Å²) in [5, 5.41) is -0.0215. The summed E-state index contributed by atoms with van der Waals surface area (Å²) in [4.78, 5) is 1.33. The molecule has 0 saturated heterocycles. The van der Waals surface area contributed by atoms with Crippen molar-refractivity contribution in [2.75, 3.05) is 11.9 Å². The summed E-state index contributed by atoms with van der Waals surface area (Å²) in [6.07, 6.45) is -4.41. The van der Waals surface area contributed by atoms with Crippen molar-refractivity contribution in [3.8, 4) is 0 Å². The maximum atomic E-state index is 12.3. The van der Waals surface area contributed by atoms with Crippen LogP contribution in [0.3, 0.4) is 0 Å². The van der Waals surface area contributed by atoms with Gasteiger partial charge in [-0.15, -0.1) is 0 Å². The summed E-state index contributed by atoms with van der Waals surface area (Å²) in [5.41, 5.74) is 4.86. The summed E-state index contributed by atoms with van der Waals surface area (Å²) in [7, 11) is 1.52. The van der Waals surface area contributed by atoms with Gasteiger partial charge in [0.1, 0.15) is 0 Å². The van der Waals surface area contributed by atoms with E-state index in [1.54, 1.807) is 0 Å². The van der Waals surface area contributed by atoms with Crippen LogP contribution in [-0.2, 0) is 6.18 Å². The van der Waals surface area contributed by atoms with Crippen LogP contribution >= 0.6 is 23.8 Å². The van der Waals surface area contributed by atoms with E-state index in [1.807, 2.05) is 0 Å². The molecule has 0 bridgehead atoms. The molecule has 0 atom stereocenters. The molecule has 0 aliphatic rings. The summed E-state index contributed by atoms with van der Waals surface area (Å²) in [6.45, 7) is 0. The molecule has 0 saturated carbocycles. The number of rotatable bonds is 1. The highest BCUT2D eigenvalue weighted by Gasteiger charge is 2.31. The van der Waals surface area contributed by atoms with Gasteiger partial charge in [-0.05, 0) is 30.4 Å². The Bertz CT molecular complexity index is 420. The molecule has 0 radical (unpaired) electrons. The molecule has 0 spiro atoms. The van der Waals surface area contributed by atoms with Crippen molar-refractivity contribution in [1.29, 1.82) is 0 Å². The zero-order valence-electron chi connectivity index (χ0n) is 8.18. The third kappa shape index (κ3) is 2.76. The highest BCUT2D eigenvalue weighted by molar-refractivity contribution is 7.80. The lowest BCUT2D eigenvalue weighted by Gasteiger charge is -2.19. The number of alkyl halides is 3. The van der Waals surface area contributed by atoms with Gasteiger partial charge >= 0.3 is 6.18 Å². The molecule has 2 nitrogen and oxygen atoms in total. The van der Waals surface area contributed by atoms with Gasteiger partial charge < -0.3 is 10.6 Å². The maximum Gasteiger partial charge on any atom is 0.416 e. The quantitative estimate of drug-likeness (QED) is 0.794. The van der Waals surface area contributed by atoms with Gasteiger partial charge in [-0.1, -0.05) is 11.6 Å². The molecule has 0 unspecified atom stereocenters. The van der Waals surface area contributed by atoms with Crippen molar-refractivity contribution in [3.05, 3.63) is 28.8 Å². The molecule has 0 aliphatic heterocycles. The summed E-state index contributed by atoms with van der Waals surface area (Å²) >= 11 is 10.4. The van der Waals surface area contributed by atoms with Gasteiger partial charge in [-0.3, -0.25) is 0 Å². The lowest BCUT2D eigenvalue weighted by atomic mass is 10.2. The van der Waals surface area contributed by atoms with Crippen molar-refractivity contribution in [2.24, 2.45) is 5.73 Å². The molecule has 0 heterocycles. The number of nitrogens with two attached hydrogens (primary N) is 1. The minimum absolute atomic E-state index is 0.0293. The van der Waals surface area contributed by atoms with Crippen LogP contribution in [0.2, 0.25) is 5.02 Å². The van der Waals surface area contributed by atoms with Gasteiger partial charge in [0.2, 0.25) is 0 Å². The SMILES string of the molecule is CN(C(N)=S)c1ccc(C(F)(F)F)cc1Cl. The van der Waals surface area contributed by atoms with Gasteiger partial charge in [-0.25, -0.2) is 0 Å². The number of hydrogen-bond acceptors (Lipinski definition) is 1. The van der Waals surface area contributed by atoms with Crippen LogP contribution in [0.1, 0.15) is 5.56 Å². The van der Waals surface area contributed by atoms with Gasteiger partial charge in [0.25, 0.3) is 0 Å². The summed E-state index contributed by atoms with van der Waals surface area (Å²) in [5.74, 6) is 0. The molecule has 16 heavy (non-hydrogen) atoms. The van der Waals surface area contributed by atoms with Crippen LogP contribution in [0.5, 0.6) is 0 Å². The Morgan fingerprint density at radius 3 is 2.38 bits per heavy atom. The van der Waals surface area contributed by atoms with Crippen LogP contribution in [0.4, 0.5) is 18.9 Å². The Balaban J connectivity index is 3.15. The van der Waals surface area contributed by atoms with Crippen LogP contribution < -0.4 is 10.6 Å². The van der Waals surface area contributed by atoms with E-state index in [-0.39, 0.29) is 10.1 Å². The first kappa shape index (κ1) is 13.1. The number of halogens is 4. The van der Waals surface area contributed by atoms with Crippen molar-refractivity contribution >= 4 is 34.6 Å². The summed E-state index contributed by atoms with van der Waals surface area (Å²) in [6, 6.07) is 2.99. The number of hydrogen-bond donors (Lipinski definition) is 1. The molecule has 0 aromatic heterocycles. The fourth-order valence-corrected chi connectivity index (χ4v) is 1.48. The minimum atomic E-state index is -4.41. The van der Waals surface area contributed by atoms with Gasteiger partial charge in [0.15, 0.2) is 5.11 Å². The molecular formula is C9H8ClF3N2S. The van der Waals surface area contributed by atoms with Crippen LogP contribution in [0.25, 0.3) is 0 Å². The van der Waals surface area contributed by atoms with Crippen LogP contribution in [0, 0.1) is 0 Å². The Hall–Kier alpha value is -1.01. The van der Waals surface area contributed by atoms with Crippen molar-refractivity contribution in [3.63, 3.8) is 0 Å². The van der Waals surface area contributed by atoms with Crippen molar-refractivity contribution in [1.82, 2.24) is 0 Å². The second-order valence-electron chi connectivity index (χ2n) is 3.06. The smallest absolute Gasteiger partial charge is 0.376 e. The van der Waals surface area contributed by atoms with Crippen LogP contribution in [0.15, 0.2) is 18.2 Å². The third-order valence-electron chi connectivity index (χ3n) is 1.97. The zero-order chi connectivity index (χ0) is 12.5. The van der Waals surface area contributed by atoms with E-state index in [1.165, 1.54) is 18.0 Å². The Morgan fingerprint density at radius 2 is 2.00 bits per heavy atom. The van der Waals surface area contributed by atoms with Crippen molar-refractivity contribution < 1.29 is 13.2 Å². The van der Waals surface area contributed by atoms with Gasteiger partial charge in [0.05, 0.1) is 16.3 Å². The summed E-state index contributed by atoms with van der Waals surface area (Å²) < 4.78 is 37.0. The first-order valence-corrected chi connectivity index (χ1v) is 4.92. The molecule has 0 fully saturated rings. The van der Waals surface area contributed by atoms with Crippen LogP contribution in [-0.4, -0.2) is 12.2 Å². The average Bonchev–Trinajstić information content (AvgIpc) is 2.15. The Labute approximate surface area is 101 Å². The zero-order valence-corrected chi connectivity index (χ0v) is 9.75. The van der Waals surface area contributed by atoms with Gasteiger partial charge in [-0.2, -0.15) is 13.2 Å². The topological polar surface area (TPSA) is 29.3 Å². The molecule has 1 aromatic carbocycles. The fraction of sp³-hybridized carbons (Fsp3) is 0.222. The first-order chi connectivity index (χ1) is 7.23. The van der Waals surface area contributed by atoms with E-state index < -0.39 is 11.7 Å². The standard InChI is InChI=1S/C9H8ClF3N2S/c1-15(8(14)16)7-3-2-5(4-6(7)10)9(11,12)13/h2-4H,1H3,(H2,14,16). The second kappa shape index (κ2) is 4.47. The lowest BCUT2D eigenvalue weighted by molar-refractivity contribution is -0.137. The average molecular weight is 269 g/mol. The van der Waals surface area contributed by atoms with Gasteiger partial charge in [0, 0.05) is 7.05 Å². The molecule has 2 N–H and O–H groups in total. The molecule has 88 valence electrons. The Morgan fingerprint density at radius 1 is 1.44 bits per heavy atom. The van der Waals surface area contributed by atoms with E-state index in [9.17, 15) is 13.2 Å². The van der Waals surface area contributed by atoms with E-state index >= 15 is 0 Å². The lowest BCUT2D eigenvalue weighted by Crippen LogP contribution is -2.31. The number of nitrogens with zero attached hydrogens (tertiary/aromatic N) is 1. The highest BCUT2D eigenvalue weighted by Crippen LogP contribution is 2.34. The number of benzene rings is 1. The maximum absolute atomic E-state index is 12.3. The molecule has 0 amide bonds. The minimum Gasteiger partial charge on any atom is -0.376 e.